The SMILES string of the molecule is CC(=O)N1CC(=O)N/C(=C\c2ccc(OCCCN3CCCCC3)cc2)C1=O. The van der Waals surface area contributed by atoms with Crippen LogP contribution in [-0.2, 0) is 14.4 Å². The monoisotopic (exact) mass is 385 g/mol. The van der Waals surface area contributed by atoms with E-state index in [9.17, 15) is 14.4 Å². The first-order valence-corrected chi connectivity index (χ1v) is 9.82. The van der Waals surface area contributed by atoms with E-state index in [0.717, 1.165) is 29.2 Å². The zero-order valence-electron chi connectivity index (χ0n) is 16.3. The summed E-state index contributed by atoms with van der Waals surface area (Å²) in [7, 11) is 0. The van der Waals surface area contributed by atoms with Crippen molar-refractivity contribution in [2.24, 2.45) is 0 Å². The first-order valence-electron chi connectivity index (χ1n) is 9.82. The lowest BCUT2D eigenvalue weighted by Crippen LogP contribution is -2.51. The number of ether oxygens (including phenoxy) is 1. The number of piperazine rings is 1. The molecule has 0 saturated carbocycles. The molecule has 0 radical (unpaired) electrons. The Bertz CT molecular complexity index is 751. The summed E-state index contributed by atoms with van der Waals surface area (Å²) in [5, 5.41) is 2.53. The molecule has 0 unspecified atom stereocenters. The number of hydrogen-bond acceptors (Lipinski definition) is 5. The van der Waals surface area contributed by atoms with Gasteiger partial charge in [0.1, 0.15) is 18.0 Å². The first kappa shape index (κ1) is 20.1. The van der Waals surface area contributed by atoms with Gasteiger partial charge in [-0.05, 0) is 56.1 Å². The van der Waals surface area contributed by atoms with Crippen molar-refractivity contribution in [3.05, 3.63) is 35.5 Å². The van der Waals surface area contributed by atoms with Crippen LogP contribution in [-0.4, -0.2) is 60.3 Å². The second-order valence-electron chi connectivity index (χ2n) is 7.19. The Kier molecular flexibility index (Phi) is 6.81. The molecule has 1 N–H and O–H groups in total. The predicted octanol–water partition coefficient (Wildman–Crippen LogP) is 1.79. The van der Waals surface area contributed by atoms with E-state index in [1.54, 1.807) is 6.08 Å². The maximum atomic E-state index is 12.3. The number of carbonyl (C=O) groups is 3. The molecule has 2 saturated heterocycles. The molecule has 0 bridgehead atoms. The summed E-state index contributed by atoms with van der Waals surface area (Å²) in [6.07, 6.45) is 6.50. The Morgan fingerprint density at radius 2 is 1.86 bits per heavy atom. The van der Waals surface area contributed by atoms with E-state index in [-0.39, 0.29) is 18.1 Å². The average molecular weight is 385 g/mol. The molecule has 7 nitrogen and oxygen atoms in total. The van der Waals surface area contributed by atoms with Gasteiger partial charge < -0.3 is 15.0 Å². The van der Waals surface area contributed by atoms with Crippen molar-refractivity contribution in [2.75, 3.05) is 32.8 Å². The quantitative estimate of drug-likeness (QED) is 0.597. The van der Waals surface area contributed by atoms with Crippen molar-refractivity contribution in [1.29, 1.82) is 0 Å². The number of rotatable bonds is 6. The van der Waals surface area contributed by atoms with Gasteiger partial charge in [0.05, 0.1) is 6.61 Å². The molecule has 2 aliphatic rings. The molecule has 0 aromatic heterocycles. The van der Waals surface area contributed by atoms with Crippen molar-refractivity contribution in [2.45, 2.75) is 32.6 Å². The molecule has 2 aliphatic heterocycles. The molecule has 150 valence electrons. The number of hydrogen-bond donors (Lipinski definition) is 1. The van der Waals surface area contributed by atoms with Crippen LogP contribution in [0.25, 0.3) is 6.08 Å². The molecule has 3 amide bonds. The summed E-state index contributed by atoms with van der Waals surface area (Å²) < 4.78 is 5.79. The van der Waals surface area contributed by atoms with Crippen LogP contribution in [0.1, 0.15) is 38.2 Å². The van der Waals surface area contributed by atoms with E-state index in [1.807, 2.05) is 24.3 Å². The Labute approximate surface area is 165 Å². The summed E-state index contributed by atoms with van der Waals surface area (Å²) in [6, 6.07) is 7.31. The lowest BCUT2D eigenvalue weighted by molar-refractivity contribution is -0.147. The number of benzene rings is 1. The highest BCUT2D eigenvalue weighted by atomic mass is 16.5. The van der Waals surface area contributed by atoms with Crippen LogP contribution in [0.2, 0.25) is 0 Å². The molecule has 0 spiro atoms. The van der Waals surface area contributed by atoms with Gasteiger partial charge in [-0.1, -0.05) is 18.6 Å². The van der Waals surface area contributed by atoms with Gasteiger partial charge in [0.2, 0.25) is 11.8 Å². The fraction of sp³-hybridized carbons (Fsp3) is 0.476. The topological polar surface area (TPSA) is 79.0 Å². The molecular formula is C21H27N3O4. The number of piperidine rings is 1. The van der Waals surface area contributed by atoms with Crippen molar-refractivity contribution >= 4 is 23.8 Å². The minimum Gasteiger partial charge on any atom is -0.494 e. The highest BCUT2D eigenvalue weighted by Gasteiger charge is 2.30. The fourth-order valence-electron chi connectivity index (χ4n) is 3.44. The van der Waals surface area contributed by atoms with E-state index in [4.69, 9.17) is 4.74 Å². The van der Waals surface area contributed by atoms with Crippen molar-refractivity contribution in [3.8, 4) is 5.75 Å². The molecular weight excluding hydrogens is 358 g/mol. The lowest BCUT2D eigenvalue weighted by Gasteiger charge is -2.26. The third-order valence-corrected chi connectivity index (χ3v) is 4.96. The summed E-state index contributed by atoms with van der Waals surface area (Å²) in [6.45, 7) is 5.15. The van der Waals surface area contributed by atoms with Crippen LogP contribution in [0.5, 0.6) is 5.75 Å². The van der Waals surface area contributed by atoms with E-state index in [0.29, 0.717) is 6.61 Å². The molecule has 28 heavy (non-hydrogen) atoms. The van der Waals surface area contributed by atoms with Crippen molar-refractivity contribution < 1.29 is 19.1 Å². The Balaban J connectivity index is 1.52. The Hall–Kier alpha value is -2.67. The number of imide groups is 1. The first-order chi connectivity index (χ1) is 13.5. The third-order valence-electron chi connectivity index (χ3n) is 4.96. The van der Waals surface area contributed by atoms with Gasteiger partial charge >= 0.3 is 0 Å². The van der Waals surface area contributed by atoms with E-state index in [1.165, 1.54) is 39.3 Å². The summed E-state index contributed by atoms with van der Waals surface area (Å²) in [5.41, 5.74) is 0.844. The van der Waals surface area contributed by atoms with E-state index >= 15 is 0 Å². The molecule has 1 aromatic rings. The summed E-state index contributed by atoms with van der Waals surface area (Å²) in [5.74, 6) is -0.552. The number of nitrogens with one attached hydrogen (secondary N) is 1. The van der Waals surface area contributed by atoms with Crippen LogP contribution < -0.4 is 10.1 Å². The number of carbonyl (C=O) groups excluding carboxylic acids is 3. The van der Waals surface area contributed by atoms with Crippen LogP contribution in [0.4, 0.5) is 0 Å². The smallest absolute Gasteiger partial charge is 0.277 e. The minimum absolute atomic E-state index is 0.0987. The zero-order valence-corrected chi connectivity index (χ0v) is 16.3. The minimum atomic E-state index is -0.495. The second-order valence-corrected chi connectivity index (χ2v) is 7.19. The van der Waals surface area contributed by atoms with Crippen molar-refractivity contribution in [1.82, 2.24) is 15.1 Å². The Morgan fingerprint density at radius 1 is 1.14 bits per heavy atom. The van der Waals surface area contributed by atoms with Crippen LogP contribution in [0.15, 0.2) is 30.0 Å². The summed E-state index contributed by atoms with van der Waals surface area (Å²) >= 11 is 0. The molecule has 2 fully saturated rings. The number of likely N-dealkylation sites (tertiary alicyclic amines) is 1. The van der Waals surface area contributed by atoms with Gasteiger partial charge in [0.15, 0.2) is 0 Å². The molecule has 7 heteroatoms. The maximum Gasteiger partial charge on any atom is 0.277 e. The average Bonchev–Trinajstić information content (AvgIpc) is 2.69. The zero-order chi connectivity index (χ0) is 19.9. The van der Waals surface area contributed by atoms with Crippen molar-refractivity contribution in [3.63, 3.8) is 0 Å². The highest BCUT2D eigenvalue weighted by Crippen LogP contribution is 2.17. The normalized spacial score (nSPS) is 19.6. The molecule has 1 aromatic carbocycles. The third kappa shape index (κ3) is 5.42. The highest BCUT2D eigenvalue weighted by molar-refractivity contribution is 6.12. The molecule has 0 atom stereocenters. The standard InChI is InChI=1S/C21H27N3O4/c1-16(25)24-15-20(26)22-19(21(24)27)14-17-6-8-18(9-7-17)28-13-5-12-23-10-3-2-4-11-23/h6-9,14H,2-5,10-13,15H2,1H3,(H,22,26)/b19-14-. The number of amides is 3. The second kappa shape index (κ2) is 9.50. The van der Waals surface area contributed by atoms with Crippen LogP contribution in [0, 0.1) is 0 Å². The largest absolute Gasteiger partial charge is 0.494 e. The lowest BCUT2D eigenvalue weighted by atomic mass is 10.1. The van der Waals surface area contributed by atoms with Gasteiger partial charge in [0, 0.05) is 13.5 Å². The van der Waals surface area contributed by atoms with Crippen LogP contribution >= 0.6 is 0 Å². The van der Waals surface area contributed by atoms with E-state index < -0.39 is 11.8 Å². The van der Waals surface area contributed by atoms with Gasteiger partial charge in [0.25, 0.3) is 5.91 Å². The van der Waals surface area contributed by atoms with Gasteiger partial charge in [-0.25, -0.2) is 0 Å². The number of nitrogens with zero attached hydrogens (tertiary/aromatic N) is 2. The fourth-order valence-corrected chi connectivity index (χ4v) is 3.44. The molecule has 0 aliphatic carbocycles. The maximum absolute atomic E-state index is 12.3. The van der Waals surface area contributed by atoms with Gasteiger partial charge in [-0.3, -0.25) is 19.3 Å². The van der Waals surface area contributed by atoms with Gasteiger partial charge in [-0.15, -0.1) is 0 Å². The Morgan fingerprint density at radius 3 is 2.54 bits per heavy atom. The molecule has 3 rings (SSSR count). The summed E-state index contributed by atoms with van der Waals surface area (Å²) in [4.78, 5) is 38.9. The predicted molar refractivity (Wildman–Crippen MR) is 105 cm³/mol. The van der Waals surface area contributed by atoms with Gasteiger partial charge in [-0.2, -0.15) is 0 Å². The van der Waals surface area contributed by atoms with E-state index in [2.05, 4.69) is 10.2 Å². The van der Waals surface area contributed by atoms with Crippen LogP contribution in [0.3, 0.4) is 0 Å². The molecule has 2 heterocycles.